The summed E-state index contributed by atoms with van der Waals surface area (Å²) in [5, 5.41) is 0. The number of carbonyl (C=O) groups excluding carboxylic acids is 2. The summed E-state index contributed by atoms with van der Waals surface area (Å²) in [6.45, 7) is 3.24. The maximum Gasteiger partial charge on any atom is 0.312 e. The van der Waals surface area contributed by atoms with E-state index in [1.54, 1.807) is 0 Å². The van der Waals surface area contributed by atoms with Crippen molar-refractivity contribution in [2.75, 3.05) is 13.2 Å². The second kappa shape index (κ2) is 4.55. The number of Topliss-reactive ketones (excluding diaryl/α,β-unsaturated/α-hetero) is 1. The van der Waals surface area contributed by atoms with Crippen molar-refractivity contribution in [2.24, 2.45) is 23.2 Å². The van der Waals surface area contributed by atoms with E-state index < -0.39 is 0 Å². The van der Waals surface area contributed by atoms with Crippen LogP contribution in [0, 0.1) is 23.2 Å². The predicted octanol–water partition coefficient (Wildman–Crippen LogP) is 2.49. The molecule has 4 nitrogen and oxygen atoms in total. The minimum Gasteiger partial charge on any atom is -0.462 e. The van der Waals surface area contributed by atoms with Crippen molar-refractivity contribution < 1.29 is 19.1 Å². The molecular formula is C17H24O4. The minimum atomic E-state index is -0.358. The molecule has 0 aromatic heterocycles. The average molecular weight is 292 g/mol. The lowest BCUT2D eigenvalue weighted by Gasteiger charge is -2.54. The fraction of sp³-hybridized carbons (Fsp3) is 0.882. The lowest BCUT2D eigenvalue weighted by Crippen LogP contribution is -2.56. The van der Waals surface area contributed by atoms with E-state index in [0.717, 1.165) is 51.6 Å². The van der Waals surface area contributed by atoms with E-state index in [-0.39, 0.29) is 28.8 Å². The molecular weight excluding hydrogens is 268 g/mol. The van der Waals surface area contributed by atoms with Crippen LogP contribution in [0.4, 0.5) is 0 Å². The Balaban J connectivity index is 1.46. The number of hydrogen-bond acceptors (Lipinski definition) is 4. The third-order valence-electron chi connectivity index (χ3n) is 6.50. The lowest BCUT2D eigenvalue weighted by atomic mass is 9.49. The maximum atomic E-state index is 12.7. The largest absolute Gasteiger partial charge is 0.462 e. The highest BCUT2D eigenvalue weighted by molar-refractivity contribution is 5.89. The number of ketones is 1. The molecule has 4 aliphatic carbocycles. The first-order valence-corrected chi connectivity index (χ1v) is 8.41. The van der Waals surface area contributed by atoms with Crippen LogP contribution in [0.15, 0.2) is 0 Å². The fourth-order valence-corrected chi connectivity index (χ4v) is 5.23. The van der Waals surface area contributed by atoms with Crippen molar-refractivity contribution in [3.05, 3.63) is 0 Å². The fourth-order valence-electron chi connectivity index (χ4n) is 5.23. The second-order valence-corrected chi connectivity index (χ2v) is 7.74. The Kier molecular flexibility index (Phi) is 2.97. The quantitative estimate of drug-likeness (QED) is 0.747. The highest BCUT2D eigenvalue weighted by Crippen LogP contribution is 2.59. The molecule has 4 heteroatoms. The Morgan fingerprint density at radius 3 is 2.48 bits per heavy atom. The van der Waals surface area contributed by atoms with E-state index in [1.165, 1.54) is 0 Å². The number of carbonyl (C=O) groups is 2. The molecule has 5 fully saturated rings. The van der Waals surface area contributed by atoms with Crippen molar-refractivity contribution >= 4 is 11.8 Å². The molecule has 0 aromatic carbocycles. The summed E-state index contributed by atoms with van der Waals surface area (Å²) in [6.07, 6.45) is 6.29. The number of rotatable bonds is 4. The van der Waals surface area contributed by atoms with E-state index in [4.69, 9.17) is 9.47 Å². The summed E-state index contributed by atoms with van der Waals surface area (Å²) in [4.78, 5) is 24.9. The van der Waals surface area contributed by atoms with Crippen LogP contribution in [0.3, 0.4) is 0 Å². The van der Waals surface area contributed by atoms with Gasteiger partial charge < -0.3 is 9.47 Å². The summed E-state index contributed by atoms with van der Waals surface area (Å²) in [7, 11) is 0. The molecule has 0 spiro atoms. The smallest absolute Gasteiger partial charge is 0.312 e. The molecule has 0 radical (unpaired) electrons. The SMILES string of the molecule is CCC1(COC(=O)C23CC4CC(C2)C(=O)C(C4)C3)CCO1. The highest BCUT2D eigenvalue weighted by atomic mass is 16.6. The van der Waals surface area contributed by atoms with Gasteiger partial charge in [0.1, 0.15) is 18.0 Å². The average Bonchev–Trinajstić information content (AvgIpc) is 2.43. The first-order chi connectivity index (χ1) is 10.1. The minimum absolute atomic E-state index is 0.0577. The Hall–Kier alpha value is -0.900. The van der Waals surface area contributed by atoms with Crippen molar-refractivity contribution in [3.63, 3.8) is 0 Å². The van der Waals surface area contributed by atoms with Gasteiger partial charge in [0.2, 0.25) is 0 Å². The van der Waals surface area contributed by atoms with Gasteiger partial charge in [-0.2, -0.15) is 0 Å². The molecule has 0 amide bonds. The summed E-state index contributed by atoms with van der Waals surface area (Å²) in [5.41, 5.74) is -0.586. The van der Waals surface area contributed by atoms with Crippen LogP contribution in [0.2, 0.25) is 0 Å². The third kappa shape index (κ3) is 1.98. The van der Waals surface area contributed by atoms with Crippen LogP contribution < -0.4 is 0 Å². The van der Waals surface area contributed by atoms with Crippen molar-refractivity contribution in [1.82, 2.24) is 0 Å². The molecule has 5 rings (SSSR count). The summed E-state index contributed by atoms with van der Waals surface area (Å²) in [5.74, 6) is 1.18. The van der Waals surface area contributed by atoms with Crippen LogP contribution in [0.5, 0.6) is 0 Å². The van der Waals surface area contributed by atoms with Crippen molar-refractivity contribution in [2.45, 2.75) is 57.5 Å². The van der Waals surface area contributed by atoms with Crippen molar-refractivity contribution in [3.8, 4) is 0 Å². The molecule has 1 saturated heterocycles. The van der Waals surface area contributed by atoms with Crippen LogP contribution in [0.25, 0.3) is 0 Å². The molecule has 0 N–H and O–H groups in total. The van der Waals surface area contributed by atoms with Crippen LogP contribution in [-0.2, 0) is 19.1 Å². The topological polar surface area (TPSA) is 52.6 Å². The highest BCUT2D eigenvalue weighted by Gasteiger charge is 2.59. The van der Waals surface area contributed by atoms with Gasteiger partial charge in [-0.15, -0.1) is 0 Å². The van der Waals surface area contributed by atoms with Gasteiger partial charge >= 0.3 is 5.97 Å². The zero-order chi connectivity index (χ0) is 14.7. The molecule has 1 aliphatic heterocycles. The Morgan fingerprint density at radius 1 is 1.29 bits per heavy atom. The van der Waals surface area contributed by atoms with E-state index in [1.807, 2.05) is 0 Å². The molecule has 21 heavy (non-hydrogen) atoms. The van der Waals surface area contributed by atoms with Crippen LogP contribution in [0.1, 0.15) is 51.9 Å². The number of hydrogen-bond donors (Lipinski definition) is 0. The first kappa shape index (κ1) is 13.7. The van der Waals surface area contributed by atoms with Gasteiger partial charge in [0.25, 0.3) is 0 Å². The van der Waals surface area contributed by atoms with E-state index in [9.17, 15) is 9.59 Å². The van der Waals surface area contributed by atoms with Gasteiger partial charge in [-0.05, 0) is 44.4 Å². The summed E-state index contributed by atoms with van der Waals surface area (Å²) < 4.78 is 11.3. The van der Waals surface area contributed by atoms with Crippen molar-refractivity contribution in [1.29, 1.82) is 0 Å². The molecule has 3 atom stereocenters. The summed E-state index contributed by atoms with van der Waals surface area (Å²) >= 11 is 0. The van der Waals surface area contributed by atoms with Gasteiger partial charge in [-0.1, -0.05) is 6.92 Å². The van der Waals surface area contributed by atoms with E-state index in [0.29, 0.717) is 18.3 Å². The monoisotopic (exact) mass is 292 g/mol. The predicted molar refractivity (Wildman–Crippen MR) is 75.5 cm³/mol. The Labute approximate surface area is 125 Å². The molecule has 0 aromatic rings. The molecule has 5 aliphatic rings. The Morgan fingerprint density at radius 2 is 1.95 bits per heavy atom. The van der Waals surface area contributed by atoms with Gasteiger partial charge in [0.15, 0.2) is 0 Å². The standard InChI is InChI=1S/C17H24O4/c1-2-17(3-4-21-17)10-20-15(19)16-7-11-5-12(8-16)14(18)13(6-11)9-16/h11-13H,2-10H2,1H3. The molecule has 3 unspecified atom stereocenters. The van der Waals surface area contributed by atoms with E-state index >= 15 is 0 Å². The van der Waals surface area contributed by atoms with Gasteiger partial charge in [0.05, 0.1) is 12.0 Å². The first-order valence-electron chi connectivity index (χ1n) is 8.41. The van der Waals surface area contributed by atoms with Gasteiger partial charge in [0, 0.05) is 18.3 Å². The van der Waals surface area contributed by atoms with Crippen LogP contribution >= 0.6 is 0 Å². The molecule has 1 heterocycles. The zero-order valence-electron chi connectivity index (χ0n) is 12.7. The van der Waals surface area contributed by atoms with Crippen LogP contribution in [-0.4, -0.2) is 30.6 Å². The second-order valence-electron chi connectivity index (χ2n) is 7.74. The summed E-state index contributed by atoms with van der Waals surface area (Å²) in [6, 6.07) is 0. The number of ether oxygens (including phenoxy) is 2. The van der Waals surface area contributed by atoms with E-state index in [2.05, 4.69) is 6.92 Å². The Bertz CT molecular complexity index is 456. The normalized spacial score (nSPS) is 47.3. The van der Waals surface area contributed by atoms with Gasteiger partial charge in [-0.25, -0.2) is 0 Å². The maximum absolute atomic E-state index is 12.7. The van der Waals surface area contributed by atoms with Gasteiger partial charge in [-0.3, -0.25) is 9.59 Å². The lowest BCUT2D eigenvalue weighted by molar-refractivity contribution is -0.203. The third-order valence-corrected chi connectivity index (χ3v) is 6.50. The molecule has 116 valence electrons. The number of esters is 1. The molecule has 4 saturated carbocycles. The zero-order valence-corrected chi connectivity index (χ0v) is 12.7. The molecule has 4 bridgehead atoms.